The number of halogens is 3. The zero-order valence-electron chi connectivity index (χ0n) is 17.7. The van der Waals surface area contributed by atoms with Gasteiger partial charge in [0, 0.05) is 62.5 Å². The molecule has 0 bridgehead atoms. The molecule has 0 amide bonds. The molecular weight excluding hydrogens is 546 g/mol. The molecule has 32 heavy (non-hydrogen) atoms. The van der Waals surface area contributed by atoms with Crippen molar-refractivity contribution in [3.05, 3.63) is 65.3 Å². The molecule has 1 aromatic heterocycles. The topological polar surface area (TPSA) is 69.8 Å². The van der Waals surface area contributed by atoms with Crippen LogP contribution >= 0.6 is 35.6 Å². The first-order valence-electron chi connectivity index (χ1n) is 10.2. The van der Waals surface area contributed by atoms with Crippen molar-refractivity contribution in [3.63, 3.8) is 0 Å². The van der Waals surface area contributed by atoms with Gasteiger partial charge in [-0.25, -0.2) is 4.39 Å². The molecule has 0 radical (unpaired) electrons. The van der Waals surface area contributed by atoms with Crippen LogP contribution in [0.2, 0.25) is 5.02 Å². The lowest BCUT2D eigenvalue weighted by atomic mass is 10.2. The Morgan fingerprint density at radius 2 is 1.78 bits per heavy atom. The van der Waals surface area contributed by atoms with Crippen molar-refractivity contribution < 1.29 is 8.91 Å². The molecule has 0 unspecified atom stereocenters. The Balaban J connectivity index is 0.00000289. The van der Waals surface area contributed by atoms with Crippen LogP contribution in [0.15, 0.2) is 58.0 Å². The van der Waals surface area contributed by atoms with Crippen LogP contribution in [0.4, 0.5) is 10.1 Å². The van der Waals surface area contributed by atoms with Crippen LogP contribution in [0.3, 0.4) is 0 Å². The van der Waals surface area contributed by atoms with Gasteiger partial charge in [-0.15, -0.1) is 24.0 Å². The second kappa shape index (κ2) is 11.5. The summed E-state index contributed by atoms with van der Waals surface area (Å²) < 4.78 is 18.5. The highest BCUT2D eigenvalue weighted by molar-refractivity contribution is 14.0. The average Bonchev–Trinajstić information content (AvgIpc) is 3.27. The molecule has 4 rings (SSSR count). The lowest BCUT2D eigenvalue weighted by Gasteiger charge is -2.37. The van der Waals surface area contributed by atoms with Gasteiger partial charge in [-0.1, -0.05) is 16.8 Å². The third kappa shape index (κ3) is 6.10. The van der Waals surface area contributed by atoms with E-state index in [1.54, 1.807) is 19.2 Å². The van der Waals surface area contributed by atoms with Gasteiger partial charge >= 0.3 is 0 Å². The van der Waals surface area contributed by atoms with E-state index in [4.69, 9.17) is 16.1 Å². The highest BCUT2D eigenvalue weighted by Crippen LogP contribution is 2.19. The summed E-state index contributed by atoms with van der Waals surface area (Å²) >= 11 is 5.92. The summed E-state index contributed by atoms with van der Waals surface area (Å²) in [5.41, 5.74) is 1.90. The van der Waals surface area contributed by atoms with Crippen LogP contribution < -0.4 is 10.2 Å². The maximum absolute atomic E-state index is 13.1. The van der Waals surface area contributed by atoms with Crippen molar-refractivity contribution in [3.8, 4) is 11.4 Å². The Morgan fingerprint density at radius 1 is 1.09 bits per heavy atom. The van der Waals surface area contributed by atoms with Gasteiger partial charge in [0.2, 0.25) is 11.7 Å². The zero-order valence-corrected chi connectivity index (χ0v) is 20.8. The van der Waals surface area contributed by atoms with Gasteiger partial charge in [-0.2, -0.15) is 4.98 Å². The second-order valence-electron chi connectivity index (χ2n) is 7.19. The van der Waals surface area contributed by atoms with Gasteiger partial charge in [0.15, 0.2) is 5.96 Å². The quantitative estimate of drug-likeness (QED) is 0.283. The minimum absolute atomic E-state index is 0. The first kappa shape index (κ1) is 24.2. The molecule has 1 aliphatic rings. The smallest absolute Gasteiger partial charge is 0.228 e. The summed E-state index contributed by atoms with van der Waals surface area (Å²) in [4.78, 5) is 13.3. The number of nitrogens with zero attached hydrogens (tertiary/aromatic N) is 5. The molecule has 2 heterocycles. The number of aliphatic imine (C=N–C) groups is 1. The van der Waals surface area contributed by atoms with E-state index in [0.717, 1.165) is 43.4 Å². The molecular formula is C22H25ClFIN6O. The van der Waals surface area contributed by atoms with Crippen LogP contribution in [-0.4, -0.2) is 60.8 Å². The van der Waals surface area contributed by atoms with Crippen LogP contribution in [0.5, 0.6) is 0 Å². The number of rotatable bonds is 5. The normalized spacial score (nSPS) is 14.3. The van der Waals surface area contributed by atoms with E-state index < -0.39 is 0 Å². The standard InChI is InChI=1S/C22H24ClFN6O.HI/c1-25-22(30-14-12-29(13-15-30)19-8-6-18(24)7-9-19)26-11-10-20-27-21(28-31-20)16-2-4-17(23)5-3-16;/h2-9H,10-15H2,1H3,(H,25,26);1H. The van der Waals surface area contributed by atoms with E-state index in [9.17, 15) is 4.39 Å². The van der Waals surface area contributed by atoms with Gasteiger partial charge in [0.25, 0.3) is 0 Å². The summed E-state index contributed by atoms with van der Waals surface area (Å²) in [6.45, 7) is 3.99. The van der Waals surface area contributed by atoms with E-state index >= 15 is 0 Å². The lowest BCUT2D eigenvalue weighted by Crippen LogP contribution is -2.52. The molecule has 10 heteroatoms. The Kier molecular flexibility index (Phi) is 8.68. The maximum Gasteiger partial charge on any atom is 0.228 e. The number of benzene rings is 2. The van der Waals surface area contributed by atoms with E-state index in [-0.39, 0.29) is 29.8 Å². The monoisotopic (exact) mass is 570 g/mol. The highest BCUT2D eigenvalue weighted by Gasteiger charge is 2.20. The van der Waals surface area contributed by atoms with Gasteiger partial charge in [0.05, 0.1) is 0 Å². The molecule has 3 aromatic rings. The summed E-state index contributed by atoms with van der Waals surface area (Å²) in [6.07, 6.45) is 0.592. The molecule has 0 aliphatic carbocycles. The summed E-state index contributed by atoms with van der Waals surface area (Å²) in [5.74, 6) is 1.74. The third-order valence-electron chi connectivity index (χ3n) is 5.18. The first-order chi connectivity index (χ1) is 15.1. The van der Waals surface area contributed by atoms with Crippen LogP contribution in [-0.2, 0) is 6.42 Å². The largest absolute Gasteiger partial charge is 0.368 e. The van der Waals surface area contributed by atoms with E-state index in [1.165, 1.54) is 12.1 Å². The fraction of sp³-hybridized carbons (Fsp3) is 0.318. The van der Waals surface area contributed by atoms with Gasteiger partial charge in [0.1, 0.15) is 5.82 Å². The Bertz CT molecular complexity index is 1020. The zero-order chi connectivity index (χ0) is 21.6. The predicted octanol–water partition coefficient (Wildman–Crippen LogP) is 4.09. The molecule has 1 aliphatic heterocycles. The fourth-order valence-corrected chi connectivity index (χ4v) is 3.64. The average molecular weight is 571 g/mol. The van der Waals surface area contributed by atoms with Crippen LogP contribution in [0.25, 0.3) is 11.4 Å². The summed E-state index contributed by atoms with van der Waals surface area (Å²) in [7, 11) is 1.78. The predicted molar refractivity (Wildman–Crippen MR) is 135 cm³/mol. The molecule has 0 atom stereocenters. The number of hydrogen-bond acceptors (Lipinski definition) is 5. The van der Waals surface area contributed by atoms with Crippen molar-refractivity contribution in [2.45, 2.75) is 6.42 Å². The first-order valence-corrected chi connectivity index (χ1v) is 10.5. The maximum atomic E-state index is 13.1. The summed E-state index contributed by atoms with van der Waals surface area (Å²) in [6, 6.07) is 14.0. The van der Waals surface area contributed by atoms with Crippen molar-refractivity contribution in [2.75, 3.05) is 44.7 Å². The van der Waals surface area contributed by atoms with E-state index in [0.29, 0.717) is 29.7 Å². The molecule has 2 aromatic carbocycles. The Hall–Kier alpha value is -2.40. The third-order valence-corrected chi connectivity index (χ3v) is 5.43. The van der Waals surface area contributed by atoms with E-state index in [2.05, 4.69) is 30.2 Å². The SMILES string of the molecule is CN=C(NCCc1nc(-c2ccc(Cl)cc2)no1)N1CCN(c2ccc(F)cc2)CC1.I. The Labute approximate surface area is 208 Å². The van der Waals surface area contributed by atoms with Crippen molar-refractivity contribution >= 4 is 47.2 Å². The molecule has 1 N–H and O–H groups in total. The number of hydrogen-bond donors (Lipinski definition) is 1. The fourth-order valence-electron chi connectivity index (χ4n) is 3.51. The van der Waals surface area contributed by atoms with Crippen molar-refractivity contribution in [1.29, 1.82) is 0 Å². The van der Waals surface area contributed by atoms with Gasteiger partial charge in [-0.3, -0.25) is 4.99 Å². The molecule has 7 nitrogen and oxygen atoms in total. The minimum Gasteiger partial charge on any atom is -0.368 e. The molecule has 0 spiro atoms. The van der Waals surface area contributed by atoms with Gasteiger partial charge in [-0.05, 0) is 48.5 Å². The van der Waals surface area contributed by atoms with Gasteiger partial charge < -0.3 is 19.6 Å². The molecule has 0 saturated carbocycles. The highest BCUT2D eigenvalue weighted by atomic mass is 127. The molecule has 170 valence electrons. The number of aromatic nitrogens is 2. The van der Waals surface area contributed by atoms with Crippen molar-refractivity contribution in [1.82, 2.24) is 20.4 Å². The lowest BCUT2D eigenvalue weighted by molar-refractivity contribution is 0.365. The number of piperazine rings is 1. The number of guanidine groups is 1. The Morgan fingerprint density at radius 3 is 2.44 bits per heavy atom. The minimum atomic E-state index is -0.214. The van der Waals surface area contributed by atoms with Crippen LogP contribution in [0.1, 0.15) is 5.89 Å². The molecule has 1 saturated heterocycles. The van der Waals surface area contributed by atoms with Crippen LogP contribution in [0, 0.1) is 5.82 Å². The number of nitrogens with one attached hydrogen (secondary N) is 1. The second-order valence-corrected chi connectivity index (χ2v) is 7.63. The molecule has 1 fully saturated rings. The summed E-state index contributed by atoms with van der Waals surface area (Å²) in [5, 5.41) is 8.08. The van der Waals surface area contributed by atoms with E-state index in [1.807, 2.05) is 24.3 Å². The van der Waals surface area contributed by atoms with Crippen molar-refractivity contribution in [2.24, 2.45) is 4.99 Å². The number of anilines is 1.